The molecule has 1 aromatic carbocycles. The number of amides is 1. The Hall–Kier alpha value is -3.71. The Morgan fingerprint density at radius 3 is 2.68 bits per heavy atom. The zero-order valence-corrected chi connectivity index (χ0v) is 23.3. The number of carbonyl (C=O) groups excluding carboxylic acids is 1. The summed E-state index contributed by atoms with van der Waals surface area (Å²) >= 11 is 3.32. The van der Waals surface area contributed by atoms with Crippen LogP contribution in [0.5, 0.6) is 0 Å². The maximum Gasteiger partial charge on any atom is 0.225 e. The normalized spacial score (nSPS) is 11.9. The molecule has 1 amide bonds. The number of imidazole rings is 1. The molecule has 8 nitrogen and oxygen atoms in total. The smallest absolute Gasteiger partial charge is 0.225 e. The molecular formula is C27H21FIN7OS. The van der Waals surface area contributed by atoms with E-state index in [1.807, 2.05) is 38.1 Å². The van der Waals surface area contributed by atoms with Crippen LogP contribution >= 0.6 is 33.9 Å². The molecule has 0 radical (unpaired) electrons. The molecule has 0 saturated carbocycles. The van der Waals surface area contributed by atoms with Crippen LogP contribution in [0.15, 0.2) is 61.2 Å². The van der Waals surface area contributed by atoms with Gasteiger partial charge in [0.25, 0.3) is 0 Å². The fourth-order valence-corrected chi connectivity index (χ4v) is 5.40. The Kier molecular flexibility index (Phi) is 6.19. The summed E-state index contributed by atoms with van der Waals surface area (Å²) in [5.74, 6) is 0.523. The van der Waals surface area contributed by atoms with Crippen LogP contribution in [0.2, 0.25) is 0 Å². The predicted molar refractivity (Wildman–Crippen MR) is 157 cm³/mol. The first-order chi connectivity index (χ1) is 18.2. The third-order valence-electron chi connectivity index (χ3n) is 5.96. The van der Waals surface area contributed by atoms with Crippen molar-refractivity contribution in [3.8, 4) is 33.1 Å². The van der Waals surface area contributed by atoms with E-state index in [1.165, 1.54) is 6.07 Å². The minimum Gasteiger partial charge on any atom is -0.335 e. The molecule has 0 aliphatic heterocycles. The van der Waals surface area contributed by atoms with Crippen LogP contribution in [0.25, 0.3) is 55.0 Å². The Morgan fingerprint density at radius 2 is 1.89 bits per heavy atom. The van der Waals surface area contributed by atoms with Crippen LogP contribution in [-0.2, 0) is 4.79 Å². The van der Waals surface area contributed by atoms with Crippen molar-refractivity contribution in [2.75, 3.05) is 5.32 Å². The van der Waals surface area contributed by atoms with Gasteiger partial charge in [0.1, 0.15) is 11.2 Å². The van der Waals surface area contributed by atoms with Gasteiger partial charge < -0.3 is 10.3 Å². The standard InChI is InChI=1S/C27H21FIN7OS/c1-27(2,29)9-23(37)32-16-7-15(10-30-11-16)14-3-4-19-17(8-14)25(36-35-19)26-33-20-13-31-12-18(24(20)34-26)21-5-6-22(28)38-21/h3-8,10-13H,9H2,1-2H3,(H,32,37)(H,33,34)(H,35,36). The van der Waals surface area contributed by atoms with Crippen LogP contribution in [0.3, 0.4) is 0 Å². The number of nitrogens with zero attached hydrogens (tertiary/aromatic N) is 4. The van der Waals surface area contributed by atoms with Gasteiger partial charge in [-0.2, -0.15) is 9.49 Å². The number of pyridine rings is 2. The average Bonchev–Trinajstić information content (AvgIpc) is 3.60. The first-order valence-electron chi connectivity index (χ1n) is 11.8. The molecule has 38 heavy (non-hydrogen) atoms. The van der Waals surface area contributed by atoms with Crippen LogP contribution < -0.4 is 5.32 Å². The number of aromatic nitrogens is 6. The maximum absolute atomic E-state index is 13.7. The molecule has 0 aliphatic carbocycles. The monoisotopic (exact) mass is 637 g/mol. The first kappa shape index (κ1) is 24.6. The number of carbonyl (C=O) groups is 1. The van der Waals surface area contributed by atoms with Crippen molar-refractivity contribution in [1.82, 2.24) is 30.1 Å². The summed E-state index contributed by atoms with van der Waals surface area (Å²) < 4.78 is 13.5. The Bertz CT molecular complexity index is 1820. The van der Waals surface area contributed by atoms with E-state index in [2.05, 4.69) is 53.1 Å². The predicted octanol–water partition coefficient (Wildman–Crippen LogP) is 6.97. The molecule has 190 valence electrons. The van der Waals surface area contributed by atoms with Crippen LogP contribution in [-0.4, -0.2) is 39.5 Å². The van der Waals surface area contributed by atoms with Crippen molar-refractivity contribution in [3.63, 3.8) is 0 Å². The SMILES string of the molecule is CC(C)(I)CC(=O)Nc1cncc(-c2ccc3[nH]nc(-c4nc5c(-c6ccc(F)s6)cncc5[nH]4)c3c2)c1. The fraction of sp³-hybridized carbons (Fsp3) is 0.148. The second-order valence-corrected chi connectivity index (χ2v) is 13.5. The van der Waals surface area contributed by atoms with Gasteiger partial charge in [-0.3, -0.25) is 19.9 Å². The van der Waals surface area contributed by atoms with Crippen LogP contribution in [0.4, 0.5) is 10.1 Å². The molecule has 3 N–H and O–H groups in total. The summed E-state index contributed by atoms with van der Waals surface area (Å²) in [6.07, 6.45) is 7.20. The summed E-state index contributed by atoms with van der Waals surface area (Å²) in [7, 11) is 0. The Balaban J connectivity index is 1.36. The topological polar surface area (TPSA) is 112 Å². The number of thiophene rings is 1. The first-order valence-corrected chi connectivity index (χ1v) is 13.7. The number of benzene rings is 1. The second-order valence-electron chi connectivity index (χ2n) is 9.51. The third kappa shape index (κ3) is 4.90. The molecule has 6 rings (SSSR count). The number of halogens is 2. The van der Waals surface area contributed by atoms with Gasteiger partial charge in [0, 0.05) is 43.6 Å². The number of fused-ring (bicyclic) bond motifs is 2. The summed E-state index contributed by atoms with van der Waals surface area (Å²) in [5.41, 5.74) is 6.13. The molecule has 5 heterocycles. The molecule has 0 saturated heterocycles. The minimum absolute atomic E-state index is 0.0556. The van der Waals surface area contributed by atoms with Gasteiger partial charge in [-0.15, -0.1) is 11.3 Å². The average molecular weight is 637 g/mol. The molecule has 5 aromatic heterocycles. The Labute approximate surface area is 234 Å². The number of alkyl halides is 1. The number of hydrogen-bond donors (Lipinski definition) is 3. The minimum atomic E-state index is -0.259. The molecule has 11 heteroatoms. The number of rotatable bonds is 6. The number of anilines is 1. The lowest BCUT2D eigenvalue weighted by Crippen LogP contribution is -2.21. The summed E-state index contributed by atoms with van der Waals surface area (Å²) in [6.45, 7) is 4.03. The molecule has 0 spiro atoms. The highest BCUT2D eigenvalue weighted by atomic mass is 127. The van der Waals surface area contributed by atoms with Crippen molar-refractivity contribution in [1.29, 1.82) is 0 Å². The van der Waals surface area contributed by atoms with Crippen molar-refractivity contribution < 1.29 is 9.18 Å². The van der Waals surface area contributed by atoms with Gasteiger partial charge in [0.2, 0.25) is 5.91 Å². The molecule has 0 unspecified atom stereocenters. The fourth-order valence-electron chi connectivity index (χ4n) is 4.31. The molecular weight excluding hydrogens is 616 g/mol. The number of H-pyrrole nitrogens is 2. The van der Waals surface area contributed by atoms with Crippen molar-refractivity contribution in [2.45, 2.75) is 23.7 Å². The lowest BCUT2D eigenvalue weighted by atomic mass is 10.0. The largest absolute Gasteiger partial charge is 0.335 e. The van der Waals surface area contributed by atoms with Crippen molar-refractivity contribution >= 4 is 67.5 Å². The van der Waals surface area contributed by atoms with Crippen molar-refractivity contribution in [3.05, 3.63) is 66.3 Å². The molecule has 6 aromatic rings. The summed E-state index contributed by atoms with van der Waals surface area (Å²) in [4.78, 5) is 29.9. The number of nitrogens with one attached hydrogen (secondary N) is 3. The van der Waals surface area contributed by atoms with E-state index >= 15 is 0 Å². The maximum atomic E-state index is 13.7. The summed E-state index contributed by atoms with van der Waals surface area (Å²) in [6, 6.07) is 11.0. The van der Waals surface area contributed by atoms with E-state index < -0.39 is 0 Å². The highest BCUT2D eigenvalue weighted by Crippen LogP contribution is 2.35. The van der Waals surface area contributed by atoms with E-state index in [9.17, 15) is 9.18 Å². The van der Waals surface area contributed by atoms with Gasteiger partial charge in [0.05, 0.1) is 29.1 Å². The highest BCUT2D eigenvalue weighted by Gasteiger charge is 2.19. The van der Waals surface area contributed by atoms with Gasteiger partial charge in [-0.1, -0.05) is 42.5 Å². The van der Waals surface area contributed by atoms with Crippen LogP contribution in [0, 0.1) is 5.13 Å². The zero-order valence-electron chi connectivity index (χ0n) is 20.3. The second kappa shape index (κ2) is 9.55. The van der Waals surface area contributed by atoms with Crippen molar-refractivity contribution in [2.24, 2.45) is 0 Å². The van der Waals surface area contributed by atoms with E-state index in [0.717, 1.165) is 49.3 Å². The van der Waals surface area contributed by atoms with Gasteiger partial charge in [0.15, 0.2) is 11.0 Å². The van der Waals surface area contributed by atoms with E-state index in [-0.39, 0.29) is 14.5 Å². The number of hydrogen-bond acceptors (Lipinski definition) is 6. The molecule has 0 fully saturated rings. The Morgan fingerprint density at radius 1 is 1.05 bits per heavy atom. The third-order valence-corrected chi connectivity index (χ3v) is 7.24. The quantitative estimate of drug-likeness (QED) is 0.135. The molecule has 0 bridgehead atoms. The van der Waals surface area contributed by atoms with E-state index in [0.29, 0.717) is 29.1 Å². The summed E-state index contributed by atoms with van der Waals surface area (Å²) in [5, 5.41) is 11.2. The lowest BCUT2D eigenvalue weighted by molar-refractivity contribution is -0.116. The highest BCUT2D eigenvalue weighted by molar-refractivity contribution is 14.1. The molecule has 0 atom stereocenters. The van der Waals surface area contributed by atoms with E-state index in [4.69, 9.17) is 4.98 Å². The van der Waals surface area contributed by atoms with E-state index in [1.54, 1.807) is 30.9 Å². The van der Waals surface area contributed by atoms with Gasteiger partial charge >= 0.3 is 0 Å². The van der Waals surface area contributed by atoms with Crippen LogP contribution in [0.1, 0.15) is 20.3 Å². The molecule has 0 aliphatic rings. The lowest BCUT2D eigenvalue weighted by Gasteiger charge is -2.15. The zero-order chi connectivity index (χ0) is 26.4. The van der Waals surface area contributed by atoms with Gasteiger partial charge in [-0.25, -0.2) is 4.98 Å². The number of aromatic amines is 2. The van der Waals surface area contributed by atoms with Gasteiger partial charge in [-0.05, 0) is 35.9 Å².